The Balaban J connectivity index is 1.64. The summed E-state index contributed by atoms with van der Waals surface area (Å²) in [6, 6.07) is 20.6. The summed E-state index contributed by atoms with van der Waals surface area (Å²) in [6.07, 6.45) is 1.67. The lowest BCUT2D eigenvalue weighted by Gasteiger charge is -2.19. The van der Waals surface area contributed by atoms with Gasteiger partial charge in [0.15, 0.2) is 0 Å². The van der Waals surface area contributed by atoms with Crippen LogP contribution in [0.3, 0.4) is 0 Å². The highest BCUT2D eigenvalue weighted by Gasteiger charge is 2.22. The van der Waals surface area contributed by atoms with Crippen LogP contribution in [0.5, 0.6) is 0 Å². The summed E-state index contributed by atoms with van der Waals surface area (Å²) in [5.41, 5.74) is 2.39. The first-order valence-electron chi connectivity index (χ1n) is 8.77. The van der Waals surface area contributed by atoms with Gasteiger partial charge in [0, 0.05) is 25.4 Å². The molecule has 1 saturated heterocycles. The molecule has 3 rings (SSSR count). The van der Waals surface area contributed by atoms with Gasteiger partial charge in [0.1, 0.15) is 0 Å². The first-order valence-corrected chi connectivity index (χ1v) is 8.77. The van der Waals surface area contributed by atoms with Crippen molar-refractivity contribution >= 4 is 5.91 Å². The van der Waals surface area contributed by atoms with Crippen molar-refractivity contribution in [2.45, 2.75) is 18.8 Å². The van der Waals surface area contributed by atoms with Crippen molar-refractivity contribution in [2.24, 2.45) is 5.92 Å². The molecule has 1 atom stereocenters. The van der Waals surface area contributed by atoms with Crippen LogP contribution in [0.1, 0.15) is 29.9 Å². The maximum atomic E-state index is 12.5. The highest BCUT2D eigenvalue weighted by atomic mass is 16.1. The van der Waals surface area contributed by atoms with Crippen LogP contribution < -0.4 is 5.32 Å². The maximum absolute atomic E-state index is 12.5. The van der Waals surface area contributed by atoms with E-state index in [0.717, 1.165) is 19.6 Å². The number of nitrogens with zero attached hydrogens (tertiary/aromatic N) is 1. The largest absolute Gasteiger partial charge is 0.356 e. The molecule has 0 radical (unpaired) electrons. The van der Waals surface area contributed by atoms with Crippen LogP contribution in [0.2, 0.25) is 0 Å². The smallest absolute Gasteiger partial charge is 0.220 e. The molecule has 2 aromatic rings. The van der Waals surface area contributed by atoms with E-state index in [4.69, 9.17) is 0 Å². The van der Waals surface area contributed by atoms with E-state index in [1.807, 2.05) is 36.4 Å². The zero-order valence-electron chi connectivity index (χ0n) is 14.3. The van der Waals surface area contributed by atoms with Crippen LogP contribution in [0.4, 0.5) is 0 Å². The molecule has 1 aliphatic rings. The van der Waals surface area contributed by atoms with Crippen molar-refractivity contribution in [2.75, 3.05) is 26.7 Å². The Morgan fingerprint density at radius 3 is 2.17 bits per heavy atom. The topological polar surface area (TPSA) is 32.3 Å². The van der Waals surface area contributed by atoms with E-state index in [2.05, 4.69) is 41.5 Å². The number of nitrogens with one attached hydrogen (secondary N) is 1. The first-order chi connectivity index (χ1) is 11.7. The molecular weight excluding hydrogens is 296 g/mol. The highest BCUT2D eigenvalue weighted by molar-refractivity contribution is 5.77. The van der Waals surface area contributed by atoms with Crippen LogP contribution in [0.25, 0.3) is 0 Å². The fourth-order valence-electron chi connectivity index (χ4n) is 3.51. The van der Waals surface area contributed by atoms with Gasteiger partial charge < -0.3 is 10.2 Å². The van der Waals surface area contributed by atoms with Gasteiger partial charge in [-0.25, -0.2) is 0 Å². The quantitative estimate of drug-likeness (QED) is 0.885. The van der Waals surface area contributed by atoms with E-state index >= 15 is 0 Å². The summed E-state index contributed by atoms with van der Waals surface area (Å²) in [5.74, 6) is 0.840. The number of rotatable bonds is 6. The predicted octanol–water partition coefficient (Wildman–Crippen LogP) is 3.28. The second-order valence-electron chi connectivity index (χ2n) is 6.80. The summed E-state index contributed by atoms with van der Waals surface area (Å²) >= 11 is 0. The molecule has 1 aliphatic heterocycles. The number of carbonyl (C=O) groups excluding carboxylic acids is 1. The maximum Gasteiger partial charge on any atom is 0.220 e. The van der Waals surface area contributed by atoms with Crippen molar-refractivity contribution in [3.63, 3.8) is 0 Å². The van der Waals surface area contributed by atoms with E-state index in [-0.39, 0.29) is 11.8 Å². The molecule has 0 aromatic heterocycles. The number of likely N-dealkylation sites (tertiary alicyclic amines) is 1. The molecule has 0 bridgehead atoms. The van der Waals surface area contributed by atoms with Crippen molar-refractivity contribution in [1.29, 1.82) is 0 Å². The third-order valence-corrected chi connectivity index (χ3v) is 4.87. The lowest BCUT2D eigenvalue weighted by atomic mass is 9.88. The van der Waals surface area contributed by atoms with Crippen LogP contribution in [0, 0.1) is 5.92 Å². The molecule has 3 nitrogen and oxygen atoms in total. The number of benzene rings is 2. The fraction of sp³-hybridized carbons (Fsp3) is 0.381. The average Bonchev–Trinajstić information content (AvgIpc) is 3.05. The minimum Gasteiger partial charge on any atom is -0.356 e. The molecule has 24 heavy (non-hydrogen) atoms. The Labute approximate surface area is 144 Å². The standard InChI is InChI=1S/C21H26N2O/c1-23-13-12-17(16-23)15-22-21(24)14-20(18-8-4-2-5-9-18)19-10-6-3-7-11-19/h2-11,17,20H,12-16H2,1H3,(H,22,24). The normalized spacial score (nSPS) is 18.0. The molecule has 1 fully saturated rings. The lowest BCUT2D eigenvalue weighted by molar-refractivity contribution is -0.121. The zero-order chi connectivity index (χ0) is 16.8. The van der Waals surface area contributed by atoms with Crippen LogP contribution in [-0.2, 0) is 4.79 Å². The van der Waals surface area contributed by atoms with Crippen LogP contribution in [0.15, 0.2) is 60.7 Å². The third kappa shape index (κ3) is 4.45. The zero-order valence-corrected chi connectivity index (χ0v) is 14.3. The van der Waals surface area contributed by atoms with E-state index in [1.54, 1.807) is 0 Å². The van der Waals surface area contributed by atoms with Crippen LogP contribution >= 0.6 is 0 Å². The monoisotopic (exact) mass is 322 g/mol. The molecule has 0 saturated carbocycles. The molecule has 1 N–H and O–H groups in total. The number of hydrogen-bond acceptors (Lipinski definition) is 2. The van der Waals surface area contributed by atoms with Gasteiger partial charge in [-0.2, -0.15) is 0 Å². The van der Waals surface area contributed by atoms with E-state index in [9.17, 15) is 4.79 Å². The summed E-state index contributed by atoms with van der Waals surface area (Å²) < 4.78 is 0. The Morgan fingerprint density at radius 1 is 1.08 bits per heavy atom. The van der Waals surface area contributed by atoms with E-state index < -0.39 is 0 Å². The first kappa shape index (κ1) is 16.7. The summed E-state index contributed by atoms with van der Waals surface area (Å²) in [6.45, 7) is 3.01. The molecule has 2 aromatic carbocycles. The minimum atomic E-state index is 0.110. The summed E-state index contributed by atoms with van der Waals surface area (Å²) in [5, 5.41) is 3.15. The second kappa shape index (κ2) is 8.11. The Bertz CT molecular complexity index is 602. The third-order valence-electron chi connectivity index (χ3n) is 4.87. The molecular formula is C21H26N2O. The van der Waals surface area contributed by atoms with Gasteiger partial charge in [-0.3, -0.25) is 4.79 Å². The summed E-state index contributed by atoms with van der Waals surface area (Å²) in [4.78, 5) is 14.8. The SMILES string of the molecule is CN1CCC(CNC(=O)CC(c2ccccc2)c2ccccc2)C1. The lowest BCUT2D eigenvalue weighted by Crippen LogP contribution is -2.31. The number of carbonyl (C=O) groups is 1. The Morgan fingerprint density at radius 2 is 1.67 bits per heavy atom. The molecule has 126 valence electrons. The number of amides is 1. The number of hydrogen-bond donors (Lipinski definition) is 1. The van der Waals surface area contributed by atoms with Gasteiger partial charge in [-0.15, -0.1) is 0 Å². The second-order valence-corrected chi connectivity index (χ2v) is 6.80. The van der Waals surface area contributed by atoms with Gasteiger partial charge in [0.2, 0.25) is 5.91 Å². The molecule has 1 amide bonds. The van der Waals surface area contributed by atoms with Gasteiger partial charge >= 0.3 is 0 Å². The van der Waals surface area contributed by atoms with Crippen molar-refractivity contribution in [3.05, 3.63) is 71.8 Å². The highest BCUT2D eigenvalue weighted by Crippen LogP contribution is 2.27. The average molecular weight is 322 g/mol. The fourth-order valence-corrected chi connectivity index (χ4v) is 3.51. The van der Waals surface area contributed by atoms with Crippen molar-refractivity contribution in [1.82, 2.24) is 10.2 Å². The Kier molecular flexibility index (Phi) is 5.65. The molecule has 0 aliphatic carbocycles. The van der Waals surface area contributed by atoms with Gasteiger partial charge in [-0.05, 0) is 37.1 Å². The van der Waals surface area contributed by atoms with Crippen molar-refractivity contribution < 1.29 is 4.79 Å². The molecule has 1 unspecified atom stereocenters. The molecule has 0 spiro atoms. The minimum absolute atomic E-state index is 0.110. The summed E-state index contributed by atoms with van der Waals surface area (Å²) in [7, 11) is 2.14. The van der Waals surface area contributed by atoms with E-state index in [1.165, 1.54) is 17.5 Å². The Hall–Kier alpha value is -2.13. The van der Waals surface area contributed by atoms with Crippen LogP contribution in [-0.4, -0.2) is 37.5 Å². The predicted molar refractivity (Wildman–Crippen MR) is 98.0 cm³/mol. The van der Waals surface area contributed by atoms with Gasteiger partial charge in [-0.1, -0.05) is 60.7 Å². The van der Waals surface area contributed by atoms with Crippen molar-refractivity contribution in [3.8, 4) is 0 Å². The van der Waals surface area contributed by atoms with Gasteiger partial charge in [0.25, 0.3) is 0 Å². The van der Waals surface area contributed by atoms with Gasteiger partial charge in [0.05, 0.1) is 0 Å². The molecule has 3 heteroatoms. The molecule has 1 heterocycles. The van der Waals surface area contributed by atoms with E-state index in [0.29, 0.717) is 12.3 Å².